The quantitative estimate of drug-likeness (QED) is 0.177. The van der Waals surface area contributed by atoms with Crippen LogP contribution in [0.3, 0.4) is 0 Å². The highest BCUT2D eigenvalue weighted by molar-refractivity contribution is 6.53. The van der Waals surface area contributed by atoms with Gasteiger partial charge in [-0.25, -0.2) is 0 Å². The topological polar surface area (TPSA) is 137 Å². The van der Waals surface area contributed by atoms with Crippen LogP contribution in [0.15, 0.2) is 84.9 Å². The highest BCUT2D eigenvalue weighted by atomic mass is 16.6. The number of nitro groups is 1. The maximum Gasteiger partial charge on any atom is 0.270 e. The standard InChI is InChI=1S/C14H7NO4.C14H9NO2/c16-13-11-4-2-1-3-9(11)10-6-5-8(15(18)19)7-12(10)14(13)17;15-8-5-6-10-9-3-1-2-4-11(9)13(16)14(17)12(10)7-8/h1-7H;1-7H,15H2. The first kappa shape index (κ1) is 22.5. The number of nitrogen functional groups attached to an aromatic ring is 1. The molecule has 0 fully saturated rings. The van der Waals surface area contributed by atoms with Crippen molar-refractivity contribution in [3.8, 4) is 22.3 Å². The van der Waals surface area contributed by atoms with E-state index < -0.39 is 28.1 Å². The molecule has 0 aliphatic heterocycles. The Morgan fingerprint density at radius 3 is 1.39 bits per heavy atom. The van der Waals surface area contributed by atoms with Gasteiger partial charge >= 0.3 is 0 Å². The number of hydrogen-bond donors (Lipinski definition) is 1. The van der Waals surface area contributed by atoms with Crippen molar-refractivity contribution >= 4 is 34.5 Å². The van der Waals surface area contributed by atoms with E-state index in [1.165, 1.54) is 12.1 Å². The smallest absolute Gasteiger partial charge is 0.270 e. The van der Waals surface area contributed by atoms with Crippen LogP contribution < -0.4 is 5.73 Å². The Labute approximate surface area is 204 Å². The fourth-order valence-corrected chi connectivity index (χ4v) is 4.37. The summed E-state index contributed by atoms with van der Waals surface area (Å²) in [5.74, 6) is -2.26. The second kappa shape index (κ2) is 8.52. The molecule has 6 rings (SSSR count). The molecule has 0 atom stereocenters. The van der Waals surface area contributed by atoms with E-state index in [0.29, 0.717) is 33.5 Å². The minimum atomic E-state index is -0.697. The van der Waals surface area contributed by atoms with Gasteiger partial charge in [0.1, 0.15) is 0 Å². The van der Waals surface area contributed by atoms with E-state index in [9.17, 15) is 29.3 Å². The summed E-state index contributed by atoms with van der Waals surface area (Å²) in [6, 6.07) is 23.0. The van der Waals surface area contributed by atoms with Crippen LogP contribution in [0.25, 0.3) is 22.3 Å². The van der Waals surface area contributed by atoms with Crippen molar-refractivity contribution in [2.24, 2.45) is 0 Å². The molecular formula is C28H16N2O6. The molecule has 4 aromatic carbocycles. The molecule has 4 aromatic rings. The molecule has 0 saturated carbocycles. The van der Waals surface area contributed by atoms with Crippen molar-refractivity contribution in [1.82, 2.24) is 0 Å². The molecule has 0 aromatic heterocycles. The molecule has 174 valence electrons. The Hall–Kier alpha value is -5.24. The third-order valence-electron chi connectivity index (χ3n) is 6.08. The summed E-state index contributed by atoms with van der Waals surface area (Å²) in [5.41, 5.74) is 10.0. The van der Waals surface area contributed by atoms with Crippen molar-refractivity contribution in [1.29, 1.82) is 0 Å². The van der Waals surface area contributed by atoms with Gasteiger partial charge in [-0.15, -0.1) is 0 Å². The molecule has 0 amide bonds. The van der Waals surface area contributed by atoms with E-state index in [0.717, 1.165) is 17.2 Å². The summed E-state index contributed by atoms with van der Waals surface area (Å²) in [7, 11) is 0. The Balaban J connectivity index is 0.000000149. The number of rotatable bonds is 1. The van der Waals surface area contributed by atoms with Crippen LogP contribution in [-0.2, 0) is 0 Å². The number of nitrogens with zero attached hydrogens (tertiary/aromatic N) is 1. The number of ketones is 4. The summed E-state index contributed by atoms with van der Waals surface area (Å²) in [6.07, 6.45) is 0. The predicted molar refractivity (Wildman–Crippen MR) is 132 cm³/mol. The maximum atomic E-state index is 12.0. The Morgan fingerprint density at radius 1 is 0.500 bits per heavy atom. The maximum absolute atomic E-state index is 12.0. The average Bonchev–Trinajstić information content (AvgIpc) is 2.90. The lowest BCUT2D eigenvalue weighted by Crippen LogP contribution is -2.21. The van der Waals surface area contributed by atoms with Crippen molar-refractivity contribution in [3.05, 3.63) is 117 Å². The number of carbonyl (C=O) groups excluding carboxylic acids is 4. The number of hydrogen-bond acceptors (Lipinski definition) is 7. The van der Waals surface area contributed by atoms with Crippen molar-refractivity contribution in [3.63, 3.8) is 0 Å². The number of fused-ring (bicyclic) bond motifs is 6. The third kappa shape index (κ3) is 3.57. The molecule has 8 nitrogen and oxygen atoms in total. The van der Waals surface area contributed by atoms with Gasteiger partial charge in [-0.3, -0.25) is 29.3 Å². The van der Waals surface area contributed by atoms with Gasteiger partial charge in [0.2, 0.25) is 23.1 Å². The van der Waals surface area contributed by atoms with Crippen LogP contribution in [-0.4, -0.2) is 28.1 Å². The molecule has 0 radical (unpaired) electrons. The number of carbonyl (C=O) groups is 4. The van der Waals surface area contributed by atoms with Gasteiger partial charge in [-0.05, 0) is 40.5 Å². The van der Waals surface area contributed by atoms with Crippen molar-refractivity contribution < 1.29 is 24.1 Å². The number of nitro benzene ring substituents is 1. The van der Waals surface area contributed by atoms with E-state index in [1.807, 2.05) is 12.1 Å². The van der Waals surface area contributed by atoms with Gasteiger partial charge in [-0.1, -0.05) is 54.6 Å². The minimum absolute atomic E-state index is 0.0953. The summed E-state index contributed by atoms with van der Waals surface area (Å²) in [6.45, 7) is 0. The van der Waals surface area contributed by atoms with E-state index in [1.54, 1.807) is 54.6 Å². The predicted octanol–water partition coefficient (Wildman–Crippen LogP) is 4.96. The van der Waals surface area contributed by atoms with Gasteiger partial charge in [0, 0.05) is 40.1 Å². The molecule has 0 saturated heterocycles. The summed E-state index contributed by atoms with van der Waals surface area (Å²) in [5, 5.41) is 10.7. The lowest BCUT2D eigenvalue weighted by Gasteiger charge is -2.17. The van der Waals surface area contributed by atoms with Crippen LogP contribution in [0.5, 0.6) is 0 Å². The average molecular weight is 476 g/mol. The molecule has 2 aliphatic rings. The first-order chi connectivity index (χ1) is 17.3. The van der Waals surface area contributed by atoms with E-state index >= 15 is 0 Å². The van der Waals surface area contributed by atoms with Crippen LogP contribution in [0, 0.1) is 10.1 Å². The SMILES string of the molecule is Nc1ccc2c(c1)C(=O)C(=O)c1ccccc1-2.O=C1C(=O)c2cc([N+](=O)[O-])ccc2-c2ccccc21. The normalized spacial score (nSPS) is 13.0. The Kier molecular flexibility index (Phi) is 5.33. The number of benzene rings is 4. The Bertz CT molecular complexity index is 1650. The summed E-state index contributed by atoms with van der Waals surface area (Å²) < 4.78 is 0. The van der Waals surface area contributed by atoms with Crippen molar-refractivity contribution in [2.45, 2.75) is 0 Å². The first-order valence-electron chi connectivity index (χ1n) is 10.8. The lowest BCUT2D eigenvalue weighted by atomic mass is 9.84. The minimum Gasteiger partial charge on any atom is -0.399 e. The van der Waals surface area contributed by atoms with Gasteiger partial charge in [0.15, 0.2) is 0 Å². The summed E-state index contributed by atoms with van der Waals surface area (Å²) >= 11 is 0. The zero-order chi connectivity index (χ0) is 25.6. The molecule has 0 unspecified atom stereocenters. The number of Topliss-reactive ketones (excluding diaryl/α,β-unsaturated/α-hetero) is 4. The van der Waals surface area contributed by atoms with Gasteiger partial charge < -0.3 is 5.73 Å². The number of nitrogens with two attached hydrogens (primary N) is 1. The molecule has 36 heavy (non-hydrogen) atoms. The molecule has 8 heteroatoms. The number of non-ortho nitro benzene ring substituents is 1. The highest BCUT2D eigenvalue weighted by Gasteiger charge is 2.31. The van der Waals surface area contributed by atoms with E-state index in [2.05, 4.69) is 0 Å². The van der Waals surface area contributed by atoms with Crippen LogP contribution in [0.2, 0.25) is 0 Å². The largest absolute Gasteiger partial charge is 0.399 e. The van der Waals surface area contributed by atoms with E-state index in [4.69, 9.17) is 5.73 Å². The molecule has 0 heterocycles. The summed E-state index contributed by atoms with van der Waals surface area (Å²) in [4.78, 5) is 57.9. The molecule has 2 aliphatic carbocycles. The second-order valence-electron chi connectivity index (χ2n) is 8.20. The fraction of sp³-hybridized carbons (Fsp3) is 0. The fourth-order valence-electron chi connectivity index (χ4n) is 4.37. The Morgan fingerprint density at radius 2 is 0.889 bits per heavy atom. The first-order valence-corrected chi connectivity index (χ1v) is 10.8. The van der Waals surface area contributed by atoms with E-state index in [-0.39, 0.29) is 11.3 Å². The second-order valence-corrected chi connectivity index (χ2v) is 8.20. The molecule has 0 bridgehead atoms. The number of anilines is 1. The zero-order valence-electron chi connectivity index (χ0n) is 18.6. The highest BCUT2D eigenvalue weighted by Crippen LogP contribution is 2.36. The van der Waals surface area contributed by atoms with Crippen LogP contribution >= 0.6 is 0 Å². The van der Waals surface area contributed by atoms with Gasteiger partial charge in [0.05, 0.1) is 4.92 Å². The molecule has 0 spiro atoms. The van der Waals surface area contributed by atoms with Crippen LogP contribution in [0.4, 0.5) is 11.4 Å². The molecular weight excluding hydrogens is 460 g/mol. The monoisotopic (exact) mass is 476 g/mol. The van der Waals surface area contributed by atoms with Gasteiger partial charge in [0.25, 0.3) is 5.69 Å². The third-order valence-corrected chi connectivity index (χ3v) is 6.08. The lowest BCUT2D eigenvalue weighted by molar-refractivity contribution is -0.384. The van der Waals surface area contributed by atoms with Gasteiger partial charge in [-0.2, -0.15) is 0 Å². The van der Waals surface area contributed by atoms with Crippen molar-refractivity contribution in [2.75, 3.05) is 5.73 Å². The molecule has 2 N–H and O–H groups in total. The van der Waals surface area contributed by atoms with Crippen LogP contribution in [0.1, 0.15) is 41.4 Å². The zero-order valence-corrected chi connectivity index (χ0v) is 18.6.